The molecule has 0 aliphatic heterocycles. The minimum atomic E-state index is -0.447. The van der Waals surface area contributed by atoms with Gasteiger partial charge in [-0.05, 0) is 54.7 Å². The Balaban J connectivity index is 1.40. The molecule has 0 atom stereocenters. The van der Waals surface area contributed by atoms with E-state index in [1.165, 1.54) is 22.3 Å². The maximum absolute atomic E-state index is 12.7. The minimum Gasteiger partial charge on any atom is -0.494 e. The lowest BCUT2D eigenvalue weighted by molar-refractivity contribution is 0.144. The summed E-state index contributed by atoms with van der Waals surface area (Å²) in [7, 11) is 0. The number of hydrogen-bond acceptors (Lipinski definition) is 4. The Kier molecular flexibility index (Phi) is 8.61. The quantitative estimate of drug-likeness (QED) is 0.272. The maximum Gasteiger partial charge on any atom is 0.407 e. The first-order valence-corrected chi connectivity index (χ1v) is 12.8. The lowest BCUT2D eigenvalue weighted by Crippen LogP contribution is -2.41. The van der Waals surface area contributed by atoms with E-state index in [9.17, 15) is 4.79 Å². The van der Waals surface area contributed by atoms with Gasteiger partial charge >= 0.3 is 6.09 Å². The summed E-state index contributed by atoms with van der Waals surface area (Å²) in [6, 6.07) is 24.6. The van der Waals surface area contributed by atoms with Crippen LogP contribution in [0.25, 0.3) is 11.1 Å². The first kappa shape index (κ1) is 25.3. The Morgan fingerprint density at radius 3 is 2.28 bits per heavy atom. The zero-order chi connectivity index (χ0) is 25.3. The van der Waals surface area contributed by atoms with Crippen LogP contribution in [0.4, 0.5) is 10.5 Å². The van der Waals surface area contributed by atoms with Crippen molar-refractivity contribution >= 4 is 17.6 Å². The molecule has 1 aliphatic rings. The molecular formula is C30H35N3O3. The number of hydrogen-bond donors (Lipinski definition) is 1. The van der Waals surface area contributed by atoms with Gasteiger partial charge in [0.1, 0.15) is 18.2 Å². The highest BCUT2D eigenvalue weighted by atomic mass is 16.5. The van der Waals surface area contributed by atoms with Gasteiger partial charge in [0, 0.05) is 30.8 Å². The van der Waals surface area contributed by atoms with Gasteiger partial charge in [0.15, 0.2) is 0 Å². The van der Waals surface area contributed by atoms with Gasteiger partial charge in [-0.3, -0.25) is 4.99 Å². The molecular weight excluding hydrogens is 450 g/mol. The summed E-state index contributed by atoms with van der Waals surface area (Å²) < 4.78 is 11.5. The minimum absolute atomic E-state index is 0.0323. The summed E-state index contributed by atoms with van der Waals surface area (Å²) in [5.41, 5.74) is 5.79. The number of fused-ring (bicyclic) bond motifs is 3. The number of rotatable bonds is 10. The van der Waals surface area contributed by atoms with Crippen molar-refractivity contribution in [3.8, 4) is 16.9 Å². The number of amides is 1. The third-order valence-corrected chi connectivity index (χ3v) is 6.31. The molecule has 0 heterocycles. The Hall–Kier alpha value is -3.80. The molecule has 6 nitrogen and oxygen atoms in total. The molecule has 0 aromatic heterocycles. The van der Waals surface area contributed by atoms with Crippen LogP contribution in [0, 0.1) is 0 Å². The fourth-order valence-corrected chi connectivity index (χ4v) is 4.70. The van der Waals surface area contributed by atoms with Crippen molar-refractivity contribution in [1.29, 1.82) is 0 Å². The maximum atomic E-state index is 12.7. The van der Waals surface area contributed by atoms with Crippen molar-refractivity contribution in [2.24, 2.45) is 4.99 Å². The summed E-state index contributed by atoms with van der Waals surface area (Å²) in [5, 5.41) is 2.91. The van der Waals surface area contributed by atoms with Gasteiger partial charge in [0.25, 0.3) is 0 Å². The third kappa shape index (κ3) is 5.70. The van der Waals surface area contributed by atoms with Gasteiger partial charge in [-0.25, -0.2) is 4.79 Å². The van der Waals surface area contributed by atoms with E-state index in [2.05, 4.69) is 53.3 Å². The third-order valence-electron chi connectivity index (χ3n) is 6.31. The summed E-state index contributed by atoms with van der Waals surface area (Å²) in [4.78, 5) is 19.5. The number of nitrogens with one attached hydrogen (secondary N) is 1. The number of likely N-dealkylation sites (N-methyl/N-ethyl adjacent to an activating group) is 1. The van der Waals surface area contributed by atoms with Crippen LogP contribution in [-0.2, 0) is 4.74 Å². The Bertz CT molecular complexity index is 1160. The zero-order valence-corrected chi connectivity index (χ0v) is 21.4. The number of alkyl carbamates (subject to hydrolysis) is 1. The van der Waals surface area contributed by atoms with E-state index >= 15 is 0 Å². The fraction of sp³-hybridized carbons (Fsp3) is 0.333. The average Bonchev–Trinajstić information content (AvgIpc) is 3.23. The van der Waals surface area contributed by atoms with Crippen molar-refractivity contribution in [2.75, 3.05) is 37.7 Å². The smallest absolute Gasteiger partial charge is 0.407 e. The highest BCUT2D eigenvalue weighted by Gasteiger charge is 2.29. The van der Waals surface area contributed by atoms with Crippen molar-refractivity contribution in [2.45, 2.75) is 33.1 Å². The van der Waals surface area contributed by atoms with E-state index < -0.39 is 6.09 Å². The number of aliphatic imine (C=N–C) groups is 1. The van der Waals surface area contributed by atoms with Crippen LogP contribution in [0.3, 0.4) is 0 Å². The molecule has 6 heteroatoms. The SMILES string of the molecule is CCCOc1cccc(N(CC)C(CNC(=O)OCC2c3ccccc3-c3ccccc32)=NCC)c1. The molecule has 0 bridgehead atoms. The first-order chi connectivity index (χ1) is 17.7. The van der Waals surface area contributed by atoms with Crippen LogP contribution < -0.4 is 15.0 Å². The molecule has 0 saturated heterocycles. The molecule has 4 rings (SSSR count). The van der Waals surface area contributed by atoms with Gasteiger partial charge in [-0.2, -0.15) is 0 Å². The number of benzene rings is 3. The predicted molar refractivity (Wildman–Crippen MR) is 146 cm³/mol. The van der Waals surface area contributed by atoms with E-state index in [0.29, 0.717) is 19.7 Å². The number of anilines is 1. The van der Waals surface area contributed by atoms with Gasteiger partial charge in [-0.1, -0.05) is 61.5 Å². The molecule has 3 aromatic carbocycles. The Labute approximate surface area is 214 Å². The molecule has 0 unspecified atom stereocenters. The monoisotopic (exact) mass is 485 g/mol. The molecule has 1 aliphatic carbocycles. The standard InChI is InChI=1S/C30H35N3O3/c1-4-18-35-23-13-11-12-22(19-23)33(6-3)29(31-5-2)20-32-30(34)36-21-28-26-16-9-7-14-24(26)25-15-8-10-17-27(25)28/h7-17,19,28H,4-6,18,20-21H2,1-3H3,(H,32,34). The molecule has 1 amide bonds. The molecule has 36 heavy (non-hydrogen) atoms. The van der Waals surface area contributed by atoms with Gasteiger partial charge in [-0.15, -0.1) is 0 Å². The van der Waals surface area contributed by atoms with Gasteiger partial charge < -0.3 is 19.7 Å². The second-order valence-electron chi connectivity index (χ2n) is 8.66. The molecule has 188 valence electrons. The summed E-state index contributed by atoms with van der Waals surface area (Å²) in [6.45, 7) is 8.71. The molecule has 1 N–H and O–H groups in total. The van der Waals surface area contributed by atoms with Crippen molar-refractivity contribution in [3.63, 3.8) is 0 Å². The van der Waals surface area contributed by atoms with Crippen LogP contribution in [-0.4, -0.2) is 44.8 Å². The van der Waals surface area contributed by atoms with E-state index in [4.69, 9.17) is 9.47 Å². The van der Waals surface area contributed by atoms with E-state index in [1.807, 2.05) is 55.5 Å². The van der Waals surface area contributed by atoms with Crippen LogP contribution in [0.5, 0.6) is 5.75 Å². The topological polar surface area (TPSA) is 63.2 Å². The Morgan fingerprint density at radius 1 is 0.944 bits per heavy atom. The number of nitrogens with zero attached hydrogens (tertiary/aromatic N) is 2. The molecule has 3 aromatic rings. The van der Waals surface area contributed by atoms with Crippen LogP contribution in [0.1, 0.15) is 44.2 Å². The van der Waals surface area contributed by atoms with Gasteiger partial charge in [0.05, 0.1) is 13.2 Å². The molecule has 0 fully saturated rings. The van der Waals surface area contributed by atoms with Crippen molar-refractivity contribution in [1.82, 2.24) is 5.32 Å². The summed E-state index contributed by atoms with van der Waals surface area (Å²) >= 11 is 0. The summed E-state index contributed by atoms with van der Waals surface area (Å²) in [5.74, 6) is 1.64. The molecule has 0 saturated carbocycles. The van der Waals surface area contributed by atoms with Crippen LogP contribution in [0.2, 0.25) is 0 Å². The number of carbonyl (C=O) groups is 1. The highest BCUT2D eigenvalue weighted by Crippen LogP contribution is 2.44. The lowest BCUT2D eigenvalue weighted by Gasteiger charge is -2.26. The number of carbonyl (C=O) groups excluding carboxylic acids is 1. The zero-order valence-electron chi connectivity index (χ0n) is 21.4. The van der Waals surface area contributed by atoms with E-state index in [-0.39, 0.29) is 19.1 Å². The fourth-order valence-electron chi connectivity index (χ4n) is 4.70. The van der Waals surface area contributed by atoms with Crippen LogP contribution in [0.15, 0.2) is 77.8 Å². The normalized spacial score (nSPS) is 12.6. The number of ether oxygens (including phenoxy) is 2. The van der Waals surface area contributed by atoms with Gasteiger partial charge in [0.2, 0.25) is 0 Å². The van der Waals surface area contributed by atoms with Crippen molar-refractivity contribution < 1.29 is 14.3 Å². The van der Waals surface area contributed by atoms with E-state index in [1.54, 1.807) is 0 Å². The van der Waals surface area contributed by atoms with E-state index in [0.717, 1.165) is 23.7 Å². The summed E-state index contributed by atoms with van der Waals surface area (Å²) in [6.07, 6.45) is 0.505. The highest BCUT2D eigenvalue weighted by molar-refractivity contribution is 6.00. The average molecular weight is 486 g/mol. The largest absolute Gasteiger partial charge is 0.494 e. The molecule has 0 spiro atoms. The number of amidine groups is 1. The molecule has 0 radical (unpaired) electrons. The predicted octanol–water partition coefficient (Wildman–Crippen LogP) is 6.26. The second-order valence-corrected chi connectivity index (χ2v) is 8.66. The second kappa shape index (κ2) is 12.2. The van der Waals surface area contributed by atoms with Crippen molar-refractivity contribution in [3.05, 3.63) is 83.9 Å². The first-order valence-electron chi connectivity index (χ1n) is 12.8. The van der Waals surface area contributed by atoms with Crippen LogP contribution >= 0.6 is 0 Å². The Morgan fingerprint density at radius 2 is 1.64 bits per heavy atom. The lowest BCUT2D eigenvalue weighted by atomic mass is 9.98.